The Morgan fingerprint density at radius 3 is 2.75 bits per heavy atom. The summed E-state index contributed by atoms with van der Waals surface area (Å²) in [5, 5.41) is 12.8. The summed E-state index contributed by atoms with van der Waals surface area (Å²) in [7, 11) is 0. The number of carboxylic acid groups (broad SMARTS) is 1. The van der Waals surface area contributed by atoms with Crippen molar-refractivity contribution in [2.75, 3.05) is 11.1 Å². The fourth-order valence-electron chi connectivity index (χ4n) is 1.88. The van der Waals surface area contributed by atoms with Crippen LogP contribution in [-0.2, 0) is 0 Å². The molecule has 1 aromatic heterocycles. The maximum Gasteiger partial charge on any atom is 0.337 e. The first kappa shape index (κ1) is 12.4. The van der Waals surface area contributed by atoms with E-state index in [2.05, 4.69) is 10.3 Å². The lowest BCUT2D eigenvalue weighted by Crippen LogP contribution is -2.02. The number of carboxylic acids is 1. The summed E-state index contributed by atoms with van der Waals surface area (Å²) in [4.78, 5) is 15.3. The van der Waals surface area contributed by atoms with Crippen LogP contribution in [-0.4, -0.2) is 16.1 Å². The van der Waals surface area contributed by atoms with Gasteiger partial charge < -0.3 is 16.2 Å². The van der Waals surface area contributed by atoms with Crippen LogP contribution in [0, 0.1) is 0 Å². The van der Waals surface area contributed by atoms with Gasteiger partial charge in [0.05, 0.1) is 15.8 Å². The number of thiazole rings is 1. The van der Waals surface area contributed by atoms with Gasteiger partial charge in [-0.25, -0.2) is 9.78 Å². The van der Waals surface area contributed by atoms with Crippen LogP contribution in [0.25, 0.3) is 10.2 Å². The number of carbonyl (C=O) groups is 1. The molecule has 0 saturated carbocycles. The molecule has 0 radical (unpaired) electrons. The third-order valence-electron chi connectivity index (χ3n) is 2.83. The molecule has 100 valence electrons. The van der Waals surface area contributed by atoms with E-state index in [1.807, 2.05) is 24.3 Å². The Labute approximate surface area is 118 Å². The lowest BCUT2D eigenvalue weighted by molar-refractivity contribution is 0.0698. The molecule has 6 heteroatoms. The number of para-hydroxylation sites is 1. The maximum atomic E-state index is 10.9. The van der Waals surface area contributed by atoms with Crippen molar-refractivity contribution in [1.29, 1.82) is 0 Å². The summed E-state index contributed by atoms with van der Waals surface area (Å²) in [5.74, 6) is -1.03. The minimum atomic E-state index is -1.03. The molecule has 1 heterocycles. The van der Waals surface area contributed by atoms with Crippen LogP contribution in [0.4, 0.5) is 16.5 Å². The van der Waals surface area contributed by atoms with Crippen LogP contribution in [0.5, 0.6) is 0 Å². The molecule has 3 rings (SSSR count). The Morgan fingerprint density at radius 2 is 2.05 bits per heavy atom. The number of aromatic nitrogens is 1. The molecule has 5 nitrogen and oxygen atoms in total. The summed E-state index contributed by atoms with van der Waals surface area (Å²) < 4.78 is 1.09. The SMILES string of the molecule is Nc1cc(Nc2nc3ccccc3s2)ccc1C(=O)O. The molecule has 0 aliphatic carbocycles. The van der Waals surface area contributed by atoms with Crippen molar-refractivity contribution in [3.05, 3.63) is 48.0 Å². The summed E-state index contributed by atoms with van der Waals surface area (Å²) in [6, 6.07) is 12.6. The number of rotatable bonds is 3. The Kier molecular flexibility index (Phi) is 3.00. The van der Waals surface area contributed by atoms with Crippen molar-refractivity contribution in [3.8, 4) is 0 Å². The van der Waals surface area contributed by atoms with Crippen LogP contribution in [0.3, 0.4) is 0 Å². The van der Waals surface area contributed by atoms with E-state index in [0.717, 1.165) is 15.3 Å². The molecule has 3 aromatic rings. The predicted octanol–water partition coefficient (Wildman–Crippen LogP) is 3.32. The second-order valence-corrected chi connectivity index (χ2v) is 5.25. The van der Waals surface area contributed by atoms with Crippen molar-refractivity contribution < 1.29 is 9.90 Å². The third kappa shape index (κ3) is 2.28. The van der Waals surface area contributed by atoms with E-state index >= 15 is 0 Å². The topological polar surface area (TPSA) is 88.2 Å². The zero-order valence-corrected chi connectivity index (χ0v) is 11.1. The standard InChI is InChI=1S/C14H11N3O2S/c15-10-7-8(5-6-9(10)13(18)19)16-14-17-11-3-1-2-4-12(11)20-14/h1-7H,15H2,(H,16,17)(H,18,19). The van der Waals surface area contributed by atoms with Crippen LogP contribution in [0.15, 0.2) is 42.5 Å². The molecule has 0 aliphatic heterocycles. The van der Waals surface area contributed by atoms with Crippen molar-refractivity contribution in [2.45, 2.75) is 0 Å². The van der Waals surface area contributed by atoms with Gasteiger partial charge in [0.25, 0.3) is 0 Å². The lowest BCUT2D eigenvalue weighted by atomic mass is 10.1. The molecule has 0 bridgehead atoms. The average molecular weight is 285 g/mol. The number of nitrogens with two attached hydrogens (primary N) is 1. The highest BCUT2D eigenvalue weighted by Gasteiger charge is 2.09. The van der Waals surface area contributed by atoms with E-state index in [9.17, 15) is 4.79 Å². The normalized spacial score (nSPS) is 10.6. The molecule has 0 unspecified atom stereocenters. The zero-order valence-electron chi connectivity index (χ0n) is 10.3. The smallest absolute Gasteiger partial charge is 0.337 e. The summed E-state index contributed by atoms with van der Waals surface area (Å²) in [6.45, 7) is 0. The van der Waals surface area contributed by atoms with Gasteiger partial charge in [-0.1, -0.05) is 23.5 Å². The summed E-state index contributed by atoms with van der Waals surface area (Å²) >= 11 is 1.53. The summed E-state index contributed by atoms with van der Waals surface area (Å²) in [5.41, 5.74) is 7.68. The van der Waals surface area contributed by atoms with Crippen LogP contribution in [0.1, 0.15) is 10.4 Å². The molecule has 0 saturated heterocycles. The molecule has 20 heavy (non-hydrogen) atoms. The first-order valence-electron chi connectivity index (χ1n) is 5.89. The Bertz CT molecular complexity index is 765. The molecular formula is C14H11N3O2S. The first-order chi connectivity index (χ1) is 9.63. The fraction of sp³-hybridized carbons (Fsp3) is 0. The van der Waals surface area contributed by atoms with Gasteiger partial charge in [-0.3, -0.25) is 0 Å². The Balaban J connectivity index is 1.90. The van der Waals surface area contributed by atoms with Crippen molar-refractivity contribution in [3.63, 3.8) is 0 Å². The van der Waals surface area contributed by atoms with Gasteiger partial charge >= 0.3 is 5.97 Å². The number of anilines is 3. The Hall–Kier alpha value is -2.60. The van der Waals surface area contributed by atoms with E-state index < -0.39 is 5.97 Å². The monoisotopic (exact) mass is 285 g/mol. The van der Waals surface area contributed by atoms with Crippen LogP contribution in [0.2, 0.25) is 0 Å². The van der Waals surface area contributed by atoms with E-state index in [4.69, 9.17) is 10.8 Å². The number of nitrogen functional groups attached to an aromatic ring is 1. The van der Waals surface area contributed by atoms with Crippen LogP contribution < -0.4 is 11.1 Å². The number of nitrogens with zero attached hydrogens (tertiary/aromatic N) is 1. The molecular weight excluding hydrogens is 274 g/mol. The second-order valence-electron chi connectivity index (χ2n) is 4.22. The predicted molar refractivity (Wildman–Crippen MR) is 80.7 cm³/mol. The molecule has 0 aliphatic rings. The van der Waals surface area contributed by atoms with E-state index in [1.54, 1.807) is 12.1 Å². The van der Waals surface area contributed by atoms with Gasteiger partial charge in [0.2, 0.25) is 0 Å². The number of benzene rings is 2. The quantitative estimate of drug-likeness (QED) is 0.642. The highest BCUT2D eigenvalue weighted by Crippen LogP contribution is 2.29. The lowest BCUT2D eigenvalue weighted by Gasteiger charge is -2.05. The van der Waals surface area contributed by atoms with E-state index in [1.165, 1.54) is 17.4 Å². The number of fused-ring (bicyclic) bond motifs is 1. The maximum absolute atomic E-state index is 10.9. The molecule has 0 fully saturated rings. The zero-order chi connectivity index (χ0) is 14.1. The molecule has 0 atom stereocenters. The van der Waals surface area contributed by atoms with E-state index in [-0.39, 0.29) is 11.3 Å². The Morgan fingerprint density at radius 1 is 1.25 bits per heavy atom. The minimum absolute atomic E-state index is 0.0971. The highest BCUT2D eigenvalue weighted by molar-refractivity contribution is 7.22. The van der Waals surface area contributed by atoms with Gasteiger partial charge in [0.15, 0.2) is 5.13 Å². The third-order valence-corrected chi connectivity index (χ3v) is 3.78. The molecule has 4 N–H and O–H groups in total. The van der Waals surface area contributed by atoms with Gasteiger partial charge in [-0.15, -0.1) is 0 Å². The number of aromatic carboxylic acids is 1. The van der Waals surface area contributed by atoms with Crippen LogP contribution >= 0.6 is 11.3 Å². The largest absolute Gasteiger partial charge is 0.478 e. The number of hydrogen-bond donors (Lipinski definition) is 3. The number of nitrogens with one attached hydrogen (secondary N) is 1. The van der Waals surface area contributed by atoms with Gasteiger partial charge in [-0.2, -0.15) is 0 Å². The minimum Gasteiger partial charge on any atom is -0.478 e. The first-order valence-corrected chi connectivity index (χ1v) is 6.70. The molecule has 2 aromatic carbocycles. The second kappa shape index (κ2) is 4.82. The summed E-state index contributed by atoms with van der Waals surface area (Å²) in [6.07, 6.45) is 0. The van der Waals surface area contributed by atoms with Gasteiger partial charge in [0, 0.05) is 11.4 Å². The van der Waals surface area contributed by atoms with Crippen molar-refractivity contribution >= 4 is 44.0 Å². The highest BCUT2D eigenvalue weighted by atomic mass is 32.1. The molecule has 0 spiro atoms. The van der Waals surface area contributed by atoms with E-state index in [0.29, 0.717) is 5.69 Å². The molecule has 0 amide bonds. The number of hydrogen-bond acceptors (Lipinski definition) is 5. The van der Waals surface area contributed by atoms with Gasteiger partial charge in [-0.05, 0) is 30.3 Å². The fourth-order valence-corrected chi connectivity index (χ4v) is 2.77. The van der Waals surface area contributed by atoms with Crippen molar-refractivity contribution in [2.24, 2.45) is 0 Å². The average Bonchev–Trinajstić information content (AvgIpc) is 2.80. The van der Waals surface area contributed by atoms with Crippen molar-refractivity contribution in [1.82, 2.24) is 4.98 Å². The van der Waals surface area contributed by atoms with Gasteiger partial charge in [0.1, 0.15) is 0 Å².